The van der Waals surface area contributed by atoms with Crippen molar-refractivity contribution in [2.24, 2.45) is 0 Å². The normalized spacial score (nSPS) is 14.2. The Hall–Kier alpha value is -1.88. The molecule has 1 aliphatic rings. The van der Waals surface area contributed by atoms with Crippen LogP contribution in [0.4, 0.5) is 0 Å². The van der Waals surface area contributed by atoms with Crippen molar-refractivity contribution < 1.29 is 4.79 Å². The molecular weight excluding hydrogens is 284 g/mol. The first-order chi connectivity index (χ1) is 10.1. The van der Waals surface area contributed by atoms with Gasteiger partial charge in [0.2, 0.25) is 0 Å². The molecule has 0 spiro atoms. The van der Waals surface area contributed by atoms with Crippen molar-refractivity contribution in [2.75, 3.05) is 0 Å². The van der Waals surface area contributed by atoms with Crippen LogP contribution < -0.4 is 10.2 Å². The van der Waals surface area contributed by atoms with Crippen LogP contribution >= 0.6 is 11.3 Å². The van der Waals surface area contributed by atoms with Gasteiger partial charge in [0.15, 0.2) is 0 Å². The Kier molecular flexibility index (Phi) is 3.68. The van der Waals surface area contributed by atoms with E-state index in [1.807, 2.05) is 38.1 Å². The smallest absolute Gasteiger partial charge is 0.308 e. The second kappa shape index (κ2) is 5.48. The van der Waals surface area contributed by atoms with Gasteiger partial charge in [0.25, 0.3) is 5.91 Å². The summed E-state index contributed by atoms with van der Waals surface area (Å²) in [6.45, 7) is 4.39. The SMILES string of the molecule is Cc1ccccc1Cn1c(C)c(C(=O)NC2CC2)sc1=O. The molecule has 0 bridgehead atoms. The molecule has 1 aromatic heterocycles. The number of carbonyl (C=O) groups excluding carboxylic acids is 1. The second-order valence-corrected chi connectivity index (χ2v) is 6.50. The van der Waals surface area contributed by atoms with E-state index < -0.39 is 0 Å². The molecule has 3 rings (SSSR count). The highest BCUT2D eigenvalue weighted by molar-refractivity contribution is 7.11. The predicted octanol–water partition coefficient (Wildman–Crippen LogP) is 2.47. The minimum Gasteiger partial charge on any atom is -0.349 e. The van der Waals surface area contributed by atoms with E-state index in [1.165, 1.54) is 0 Å². The molecule has 1 N–H and O–H groups in total. The van der Waals surface area contributed by atoms with Crippen molar-refractivity contribution in [1.29, 1.82) is 0 Å². The average Bonchev–Trinajstić information content (AvgIpc) is 3.22. The van der Waals surface area contributed by atoms with E-state index in [4.69, 9.17) is 0 Å². The van der Waals surface area contributed by atoms with Crippen LogP contribution in [0, 0.1) is 13.8 Å². The van der Waals surface area contributed by atoms with Crippen molar-refractivity contribution in [1.82, 2.24) is 9.88 Å². The number of amides is 1. The lowest BCUT2D eigenvalue weighted by Crippen LogP contribution is -2.25. The van der Waals surface area contributed by atoms with Gasteiger partial charge in [-0.2, -0.15) is 0 Å². The number of carbonyl (C=O) groups is 1. The van der Waals surface area contributed by atoms with Crippen molar-refractivity contribution in [3.63, 3.8) is 0 Å². The topological polar surface area (TPSA) is 51.1 Å². The lowest BCUT2D eigenvalue weighted by molar-refractivity contribution is 0.0954. The van der Waals surface area contributed by atoms with Crippen LogP contribution in [0.2, 0.25) is 0 Å². The number of nitrogens with zero attached hydrogens (tertiary/aromatic N) is 1. The Balaban J connectivity index is 1.89. The van der Waals surface area contributed by atoms with Crippen LogP contribution in [0.5, 0.6) is 0 Å². The number of hydrogen-bond donors (Lipinski definition) is 1. The minimum atomic E-state index is -0.111. The van der Waals surface area contributed by atoms with Gasteiger partial charge >= 0.3 is 4.87 Å². The van der Waals surface area contributed by atoms with Gasteiger partial charge in [-0.05, 0) is 37.8 Å². The highest BCUT2D eigenvalue weighted by Gasteiger charge is 2.26. The molecule has 21 heavy (non-hydrogen) atoms. The van der Waals surface area contributed by atoms with E-state index in [1.54, 1.807) is 4.57 Å². The molecular formula is C16H18N2O2S. The molecule has 1 heterocycles. The maximum atomic E-state index is 12.2. The summed E-state index contributed by atoms with van der Waals surface area (Å²) in [7, 11) is 0. The zero-order valence-corrected chi connectivity index (χ0v) is 13.0. The van der Waals surface area contributed by atoms with E-state index in [0.29, 0.717) is 17.5 Å². The van der Waals surface area contributed by atoms with Crippen molar-refractivity contribution in [2.45, 2.75) is 39.3 Å². The first kappa shape index (κ1) is 14.1. The van der Waals surface area contributed by atoms with Gasteiger partial charge in [0, 0.05) is 11.7 Å². The zero-order valence-electron chi connectivity index (χ0n) is 12.2. The molecule has 0 atom stereocenters. The summed E-state index contributed by atoms with van der Waals surface area (Å²) < 4.78 is 1.69. The molecule has 1 saturated carbocycles. The van der Waals surface area contributed by atoms with Gasteiger partial charge in [-0.3, -0.25) is 14.2 Å². The average molecular weight is 302 g/mol. The van der Waals surface area contributed by atoms with Gasteiger partial charge in [-0.25, -0.2) is 0 Å². The Labute approximate surface area is 127 Å². The fourth-order valence-corrected chi connectivity index (χ4v) is 3.20. The molecule has 0 radical (unpaired) electrons. The van der Waals surface area contributed by atoms with E-state index in [2.05, 4.69) is 5.32 Å². The monoisotopic (exact) mass is 302 g/mol. The molecule has 2 aromatic rings. The maximum absolute atomic E-state index is 12.2. The minimum absolute atomic E-state index is 0.0725. The Morgan fingerprint density at radius 3 is 2.71 bits per heavy atom. The molecule has 1 aliphatic carbocycles. The van der Waals surface area contributed by atoms with Crippen LogP contribution in [0.3, 0.4) is 0 Å². The number of aryl methyl sites for hydroxylation is 1. The Morgan fingerprint density at radius 2 is 2.05 bits per heavy atom. The van der Waals surface area contributed by atoms with Crippen molar-refractivity contribution >= 4 is 17.2 Å². The summed E-state index contributed by atoms with van der Waals surface area (Å²) in [5, 5.41) is 2.95. The Morgan fingerprint density at radius 1 is 1.33 bits per heavy atom. The third kappa shape index (κ3) is 2.93. The third-order valence-corrected chi connectivity index (χ3v) is 4.93. The van der Waals surface area contributed by atoms with Crippen molar-refractivity contribution in [3.05, 3.63) is 55.6 Å². The van der Waals surface area contributed by atoms with Gasteiger partial charge in [-0.15, -0.1) is 0 Å². The molecule has 0 unspecified atom stereocenters. The summed E-state index contributed by atoms with van der Waals surface area (Å²) in [5.74, 6) is -0.111. The summed E-state index contributed by atoms with van der Waals surface area (Å²) in [5.41, 5.74) is 3.01. The number of rotatable bonds is 4. The molecule has 110 valence electrons. The van der Waals surface area contributed by atoms with E-state index >= 15 is 0 Å². The van der Waals surface area contributed by atoms with Crippen LogP contribution in [0.15, 0.2) is 29.1 Å². The molecule has 4 nitrogen and oxygen atoms in total. The molecule has 1 fully saturated rings. The van der Waals surface area contributed by atoms with Crippen molar-refractivity contribution in [3.8, 4) is 0 Å². The first-order valence-corrected chi connectivity index (χ1v) is 7.93. The molecule has 1 amide bonds. The summed E-state index contributed by atoms with van der Waals surface area (Å²) >= 11 is 1.04. The fourth-order valence-electron chi connectivity index (χ4n) is 2.31. The standard InChI is InChI=1S/C16H18N2O2S/c1-10-5-3-4-6-12(10)9-18-11(2)14(21-16(18)20)15(19)17-13-7-8-13/h3-6,13H,7-9H2,1-2H3,(H,17,19). The summed E-state index contributed by atoms with van der Waals surface area (Å²) in [6, 6.07) is 8.30. The third-order valence-electron chi connectivity index (χ3n) is 3.85. The highest BCUT2D eigenvalue weighted by atomic mass is 32.1. The number of benzene rings is 1. The van der Waals surface area contributed by atoms with E-state index in [9.17, 15) is 9.59 Å². The van der Waals surface area contributed by atoms with Crippen LogP contribution in [-0.2, 0) is 6.54 Å². The zero-order chi connectivity index (χ0) is 15.0. The number of thiazole rings is 1. The van der Waals surface area contributed by atoms with E-state index in [-0.39, 0.29) is 10.8 Å². The number of aromatic nitrogens is 1. The summed E-state index contributed by atoms with van der Waals surface area (Å²) in [4.78, 5) is 24.8. The predicted molar refractivity (Wildman–Crippen MR) is 84.1 cm³/mol. The van der Waals surface area contributed by atoms with E-state index in [0.717, 1.165) is 41.0 Å². The molecule has 5 heteroatoms. The highest BCUT2D eigenvalue weighted by Crippen LogP contribution is 2.21. The number of hydrogen-bond acceptors (Lipinski definition) is 3. The molecule has 0 saturated heterocycles. The fraction of sp³-hybridized carbons (Fsp3) is 0.375. The van der Waals surface area contributed by atoms with Crippen LogP contribution in [0.25, 0.3) is 0 Å². The first-order valence-electron chi connectivity index (χ1n) is 7.12. The van der Waals surface area contributed by atoms with Gasteiger partial charge in [-0.1, -0.05) is 35.6 Å². The van der Waals surface area contributed by atoms with Gasteiger partial charge in [0.05, 0.1) is 6.54 Å². The quantitative estimate of drug-likeness (QED) is 0.943. The number of nitrogens with one attached hydrogen (secondary N) is 1. The van der Waals surface area contributed by atoms with Gasteiger partial charge in [0.1, 0.15) is 4.88 Å². The summed E-state index contributed by atoms with van der Waals surface area (Å²) in [6.07, 6.45) is 2.09. The molecule has 0 aliphatic heterocycles. The van der Waals surface area contributed by atoms with Gasteiger partial charge < -0.3 is 5.32 Å². The maximum Gasteiger partial charge on any atom is 0.308 e. The lowest BCUT2D eigenvalue weighted by Gasteiger charge is -2.08. The largest absolute Gasteiger partial charge is 0.349 e. The lowest BCUT2D eigenvalue weighted by atomic mass is 10.1. The second-order valence-electron chi connectivity index (χ2n) is 5.54. The molecule has 1 aromatic carbocycles. The Bertz CT molecular complexity index is 741. The van der Waals surface area contributed by atoms with Crippen LogP contribution in [0.1, 0.15) is 39.3 Å². The van der Waals surface area contributed by atoms with Crippen LogP contribution in [-0.4, -0.2) is 16.5 Å².